The molecule has 1 aliphatic rings. The number of thioether (sulfide) groups is 1. The van der Waals surface area contributed by atoms with Crippen LogP contribution in [0.25, 0.3) is 16.7 Å². The highest BCUT2D eigenvalue weighted by Gasteiger charge is 2.35. The van der Waals surface area contributed by atoms with Gasteiger partial charge in [0.25, 0.3) is 5.91 Å². The van der Waals surface area contributed by atoms with E-state index in [2.05, 4.69) is 25.9 Å². The summed E-state index contributed by atoms with van der Waals surface area (Å²) in [5.74, 6) is 0.689. The number of hydrogen-bond acceptors (Lipinski definition) is 7. The van der Waals surface area contributed by atoms with Crippen LogP contribution in [0.3, 0.4) is 0 Å². The normalized spacial score (nSPS) is 17.1. The minimum Gasteiger partial charge on any atom is -0.275 e. The maximum absolute atomic E-state index is 12.5. The lowest BCUT2D eigenvalue weighted by Crippen LogP contribution is -2.34. The van der Waals surface area contributed by atoms with Crippen LogP contribution in [0.2, 0.25) is 5.02 Å². The summed E-state index contributed by atoms with van der Waals surface area (Å²) in [6, 6.07) is 15.0. The molecule has 3 heterocycles. The molecule has 1 amide bonds. The van der Waals surface area contributed by atoms with Crippen LogP contribution in [-0.2, 0) is 4.79 Å². The highest BCUT2D eigenvalue weighted by molar-refractivity contribution is 8.00. The minimum atomic E-state index is -0.268. The van der Waals surface area contributed by atoms with Crippen molar-refractivity contribution in [3.8, 4) is 0 Å². The number of aromatic nitrogens is 5. The Bertz CT molecular complexity index is 1180. The van der Waals surface area contributed by atoms with E-state index < -0.39 is 0 Å². The van der Waals surface area contributed by atoms with Gasteiger partial charge in [-0.3, -0.25) is 10.2 Å². The van der Waals surface area contributed by atoms with E-state index in [1.54, 1.807) is 4.52 Å². The van der Waals surface area contributed by atoms with E-state index in [0.717, 1.165) is 11.1 Å². The number of halogens is 1. The second-order valence-electron chi connectivity index (χ2n) is 5.92. The maximum Gasteiger partial charge on any atom is 0.252 e. The summed E-state index contributed by atoms with van der Waals surface area (Å²) in [4.78, 5) is 17.1. The van der Waals surface area contributed by atoms with Gasteiger partial charge >= 0.3 is 0 Å². The molecule has 1 atom stereocenters. The third-order valence-electron chi connectivity index (χ3n) is 4.29. The first-order chi connectivity index (χ1) is 13.2. The molecular weight excluding hydrogens is 386 g/mol. The molecule has 1 unspecified atom stereocenters. The zero-order valence-electron chi connectivity index (χ0n) is 13.8. The van der Waals surface area contributed by atoms with E-state index in [4.69, 9.17) is 11.6 Å². The monoisotopic (exact) mass is 397 g/mol. The van der Waals surface area contributed by atoms with Gasteiger partial charge in [-0.25, -0.2) is 9.99 Å². The van der Waals surface area contributed by atoms with Crippen LogP contribution in [-0.4, -0.2) is 41.7 Å². The Morgan fingerprint density at radius 2 is 1.96 bits per heavy atom. The molecule has 1 saturated heterocycles. The standard InChI is InChI=1S/C17H12ClN7OS/c18-11-6-2-1-5-10(11)17-25(14(26)9-27-17)21-15-16-20-22-23-24(16)13-8-4-3-7-12(13)19-15/h1-8,17H,9H2,(H,19,21). The van der Waals surface area contributed by atoms with Crippen LogP contribution in [0, 0.1) is 0 Å². The number of tetrazole rings is 1. The number of nitrogens with zero attached hydrogens (tertiary/aromatic N) is 6. The van der Waals surface area contributed by atoms with Crippen molar-refractivity contribution >= 4 is 51.8 Å². The van der Waals surface area contributed by atoms with Gasteiger partial charge in [0, 0.05) is 10.6 Å². The van der Waals surface area contributed by atoms with Crippen LogP contribution in [0.15, 0.2) is 48.5 Å². The topological polar surface area (TPSA) is 88.3 Å². The number of nitrogens with one attached hydrogen (secondary N) is 1. The predicted octanol–water partition coefficient (Wildman–Crippen LogP) is 2.93. The largest absolute Gasteiger partial charge is 0.275 e. The Morgan fingerprint density at radius 3 is 2.85 bits per heavy atom. The quantitative estimate of drug-likeness (QED) is 0.568. The number of hydrazine groups is 1. The number of carbonyl (C=O) groups excluding carboxylic acids is 1. The van der Waals surface area contributed by atoms with Gasteiger partial charge in [0.2, 0.25) is 5.65 Å². The molecule has 1 N–H and O–H groups in total. The first kappa shape index (κ1) is 16.3. The lowest BCUT2D eigenvalue weighted by atomic mass is 10.2. The highest BCUT2D eigenvalue weighted by atomic mass is 35.5. The smallest absolute Gasteiger partial charge is 0.252 e. The molecule has 27 heavy (non-hydrogen) atoms. The number of rotatable bonds is 3. The first-order valence-electron chi connectivity index (χ1n) is 8.14. The molecule has 0 spiro atoms. The number of carbonyl (C=O) groups is 1. The Balaban J connectivity index is 1.60. The molecule has 10 heteroatoms. The Hall–Kier alpha value is -2.91. The molecule has 0 aliphatic carbocycles. The van der Waals surface area contributed by atoms with Gasteiger partial charge in [-0.05, 0) is 28.6 Å². The Morgan fingerprint density at radius 1 is 1.15 bits per heavy atom. The molecular formula is C17H12ClN7OS. The van der Waals surface area contributed by atoms with E-state index in [1.165, 1.54) is 16.8 Å². The molecule has 4 aromatic rings. The van der Waals surface area contributed by atoms with E-state index in [0.29, 0.717) is 27.8 Å². The summed E-state index contributed by atoms with van der Waals surface area (Å²) in [5, 5.41) is 13.7. The van der Waals surface area contributed by atoms with Gasteiger partial charge < -0.3 is 0 Å². The van der Waals surface area contributed by atoms with Crippen molar-refractivity contribution in [1.82, 2.24) is 30.0 Å². The predicted molar refractivity (Wildman–Crippen MR) is 103 cm³/mol. The zero-order valence-corrected chi connectivity index (χ0v) is 15.4. The summed E-state index contributed by atoms with van der Waals surface area (Å²) in [6.07, 6.45) is 0. The fourth-order valence-corrected chi connectivity index (χ4v) is 4.49. The summed E-state index contributed by atoms with van der Waals surface area (Å²) in [7, 11) is 0. The van der Waals surface area contributed by atoms with Crippen LogP contribution in [0.4, 0.5) is 5.82 Å². The second-order valence-corrected chi connectivity index (χ2v) is 7.40. The SMILES string of the molecule is O=C1CSC(c2ccccc2Cl)N1Nc1nc2ccccc2n2nnnc12. The molecule has 0 saturated carbocycles. The van der Waals surface area contributed by atoms with Crippen molar-refractivity contribution in [2.24, 2.45) is 0 Å². The summed E-state index contributed by atoms with van der Waals surface area (Å²) in [5.41, 5.74) is 5.92. The number of para-hydroxylation sites is 2. The van der Waals surface area contributed by atoms with Gasteiger partial charge in [-0.1, -0.05) is 41.9 Å². The Labute approximate surface area is 162 Å². The van der Waals surface area contributed by atoms with Crippen molar-refractivity contribution in [3.63, 3.8) is 0 Å². The number of hydrogen-bond donors (Lipinski definition) is 1. The van der Waals surface area contributed by atoms with E-state index >= 15 is 0 Å². The van der Waals surface area contributed by atoms with Gasteiger partial charge in [0.15, 0.2) is 5.82 Å². The molecule has 0 bridgehead atoms. The van der Waals surface area contributed by atoms with E-state index in [9.17, 15) is 4.79 Å². The van der Waals surface area contributed by atoms with Gasteiger partial charge in [0.1, 0.15) is 5.37 Å². The molecule has 134 valence electrons. The number of amides is 1. The molecule has 8 nitrogen and oxygen atoms in total. The van der Waals surface area contributed by atoms with Crippen molar-refractivity contribution in [1.29, 1.82) is 0 Å². The maximum atomic E-state index is 12.5. The minimum absolute atomic E-state index is 0.0643. The summed E-state index contributed by atoms with van der Waals surface area (Å²) < 4.78 is 1.60. The molecule has 2 aromatic carbocycles. The molecule has 5 rings (SSSR count). The average Bonchev–Trinajstić information content (AvgIpc) is 3.31. The van der Waals surface area contributed by atoms with Crippen LogP contribution < -0.4 is 5.43 Å². The van der Waals surface area contributed by atoms with E-state index in [1.807, 2.05) is 48.5 Å². The lowest BCUT2D eigenvalue weighted by molar-refractivity contribution is -0.126. The summed E-state index contributed by atoms with van der Waals surface area (Å²) >= 11 is 7.84. The zero-order chi connectivity index (χ0) is 18.4. The number of anilines is 1. The molecule has 0 radical (unpaired) electrons. The van der Waals surface area contributed by atoms with Gasteiger partial charge in [-0.2, -0.15) is 4.52 Å². The molecule has 1 aliphatic heterocycles. The number of benzene rings is 2. The van der Waals surface area contributed by atoms with Gasteiger partial charge in [-0.15, -0.1) is 16.9 Å². The fraction of sp³-hybridized carbons (Fsp3) is 0.118. The van der Waals surface area contributed by atoms with E-state index in [-0.39, 0.29) is 11.3 Å². The van der Waals surface area contributed by atoms with Crippen molar-refractivity contribution < 1.29 is 4.79 Å². The van der Waals surface area contributed by atoms with Crippen molar-refractivity contribution in [2.45, 2.75) is 5.37 Å². The fourth-order valence-electron chi connectivity index (χ4n) is 3.04. The third-order valence-corrected chi connectivity index (χ3v) is 5.83. The van der Waals surface area contributed by atoms with Crippen molar-refractivity contribution in [2.75, 3.05) is 11.2 Å². The molecule has 1 fully saturated rings. The molecule has 2 aromatic heterocycles. The van der Waals surface area contributed by atoms with Crippen LogP contribution in [0.1, 0.15) is 10.9 Å². The van der Waals surface area contributed by atoms with Crippen molar-refractivity contribution in [3.05, 3.63) is 59.1 Å². The lowest BCUT2D eigenvalue weighted by Gasteiger charge is -2.25. The number of fused-ring (bicyclic) bond motifs is 3. The highest BCUT2D eigenvalue weighted by Crippen LogP contribution is 2.41. The van der Waals surface area contributed by atoms with Gasteiger partial charge in [0.05, 0.1) is 16.8 Å². The summed E-state index contributed by atoms with van der Waals surface area (Å²) in [6.45, 7) is 0. The van der Waals surface area contributed by atoms with Crippen LogP contribution in [0.5, 0.6) is 0 Å². The second kappa shape index (κ2) is 6.36. The average molecular weight is 398 g/mol. The van der Waals surface area contributed by atoms with Crippen LogP contribution >= 0.6 is 23.4 Å². The Kier molecular flexibility index (Phi) is 3.83. The third kappa shape index (κ3) is 2.66. The first-order valence-corrected chi connectivity index (χ1v) is 9.56.